The van der Waals surface area contributed by atoms with E-state index in [1.807, 2.05) is 0 Å². The van der Waals surface area contributed by atoms with Crippen LogP contribution in [0, 0.1) is 0 Å². The minimum absolute atomic E-state index is 0.199. The second kappa shape index (κ2) is 5.79. The largest absolute Gasteiger partial charge is 0.508 e. The zero-order valence-electron chi connectivity index (χ0n) is 9.25. The van der Waals surface area contributed by atoms with Crippen LogP contribution in [0.1, 0.15) is 6.92 Å². The molecule has 0 heterocycles. The van der Waals surface area contributed by atoms with Crippen molar-refractivity contribution in [1.29, 1.82) is 0 Å². The average Bonchev–Trinajstić information content (AvgIpc) is 2.28. The number of rotatable bonds is 5. The van der Waals surface area contributed by atoms with E-state index in [2.05, 4.69) is 19.4 Å². The van der Waals surface area contributed by atoms with Gasteiger partial charge in [-0.3, -0.25) is 9.32 Å². The van der Waals surface area contributed by atoms with Crippen LogP contribution in [-0.2, 0) is 18.6 Å². The van der Waals surface area contributed by atoms with Gasteiger partial charge < -0.3 is 15.1 Å². The Morgan fingerprint density at radius 1 is 1.35 bits per heavy atom. The SMILES string of the molecule is COP(=O)(O)OOc1ccc(NC(C)=O)cc1. The molecule has 0 aliphatic rings. The Balaban J connectivity index is 2.57. The fourth-order valence-corrected chi connectivity index (χ4v) is 1.16. The van der Waals surface area contributed by atoms with Crippen molar-refractivity contribution in [3.05, 3.63) is 24.3 Å². The molecule has 0 bridgehead atoms. The van der Waals surface area contributed by atoms with E-state index < -0.39 is 7.82 Å². The molecule has 1 aromatic carbocycles. The molecule has 17 heavy (non-hydrogen) atoms. The molecule has 0 spiro atoms. The quantitative estimate of drug-likeness (QED) is 0.476. The Labute approximate surface area is 97.9 Å². The molecule has 1 atom stereocenters. The van der Waals surface area contributed by atoms with E-state index in [1.165, 1.54) is 19.1 Å². The number of anilines is 1. The molecule has 2 N–H and O–H groups in total. The number of amides is 1. The van der Waals surface area contributed by atoms with Crippen molar-refractivity contribution < 1.29 is 28.3 Å². The normalized spacial score (nSPS) is 13.8. The predicted molar refractivity (Wildman–Crippen MR) is 59.3 cm³/mol. The summed E-state index contributed by atoms with van der Waals surface area (Å²) in [5.41, 5.74) is 0.573. The van der Waals surface area contributed by atoms with Gasteiger partial charge in [-0.25, -0.2) is 4.57 Å². The van der Waals surface area contributed by atoms with Crippen LogP contribution in [0.25, 0.3) is 0 Å². The monoisotopic (exact) mass is 261 g/mol. The highest BCUT2D eigenvalue weighted by atomic mass is 31.2. The van der Waals surface area contributed by atoms with Crippen molar-refractivity contribution in [3.63, 3.8) is 0 Å². The van der Waals surface area contributed by atoms with E-state index in [-0.39, 0.29) is 11.7 Å². The Hall–Kier alpha value is -1.40. The molecule has 0 saturated carbocycles. The van der Waals surface area contributed by atoms with E-state index >= 15 is 0 Å². The maximum absolute atomic E-state index is 10.9. The molecule has 0 fully saturated rings. The molecule has 0 saturated heterocycles. The molecule has 0 aromatic heterocycles. The van der Waals surface area contributed by atoms with Crippen LogP contribution < -0.4 is 10.2 Å². The first kappa shape index (κ1) is 13.7. The maximum atomic E-state index is 10.9. The van der Waals surface area contributed by atoms with Gasteiger partial charge in [-0.2, -0.15) is 0 Å². The highest BCUT2D eigenvalue weighted by Crippen LogP contribution is 2.42. The van der Waals surface area contributed by atoms with Gasteiger partial charge >= 0.3 is 7.82 Å². The predicted octanol–water partition coefficient (Wildman–Crippen LogP) is 1.70. The number of carbonyl (C=O) groups excluding carboxylic acids is 1. The van der Waals surface area contributed by atoms with Gasteiger partial charge in [0.25, 0.3) is 0 Å². The molecule has 7 nitrogen and oxygen atoms in total. The zero-order valence-corrected chi connectivity index (χ0v) is 10.1. The van der Waals surface area contributed by atoms with Crippen LogP contribution >= 0.6 is 7.82 Å². The molecular weight excluding hydrogens is 249 g/mol. The number of phosphoric acid groups is 1. The Kier molecular flexibility index (Phi) is 4.65. The molecule has 8 heteroatoms. The summed E-state index contributed by atoms with van der Waals surface area (Å²) in [7, 11) is -3.15. The maximum Gasteiger partial charge on any atom is 0.508 e. The first-order chi connectivity index (χ1) is 7.93. The van der Waals surface area contributed by atoms with Crippen LogP contribution in [-0.4, -0.2) is 17.9 Å². The lowest BCUT2D eigenvalue weighted by Crippen LogP contribution is -2.05. The van der Waals surface area contributed by atoms with E-state index in [1.54, 1.807) is 12.1 Å². The highest BCUT2D eigenvalue weighted by Gasteiger charge is 2.20. The number of nitrogens with one attached hydrogen (secondary N) is 1. The van der Waals surface area contributed by atoms with E-state index in [4.69, 9.17) is 4.89 Å². The van der Waals surface area contributed by atoms with Gasteiger partial charge in [0.1, 0.15) is 0 Å². The van der Waals surface area contributed by atoms with Gasteiger partial charge in [0.15, 0.2) is 5.75 Å². The van der Waals surface area contributed by atoms with E-state index in [9.17, 15) is 9.36 Å². The van der Waals surface area contributed by atoms with Crippen molar-refractivity contribution in [1.82, 2.24) is 0 Å². The second-order valence-electron chi connectivity index (χ2n) is 3.01. The number of phosphoric ester groups is 1. The third-order valence-corrected chi connectivity index (χ3v) is 2.36. The minimum atomic E-state index is -4.17. The van der Waals surface area contributed by atoms with E-state index in [0.717, 1.165) is 7.11 Å². The topological polar surface area (TPSA) is 94.1 Å². The summed E-state index contributed by atoms with van der Waals surface area (Å²) >= 11 is 0. The van der Waals surface area contributed by atoms with Gasteiger partial charge in [0, 0.05) is 19.7 Å². The first-order valence-electron chi connectivity index (χ1n) is 4.55. The van der Waals surface area contributed by atoms with Crippen molar-refractivity contribution in [2.24, 2.45) is 0 Å². The molecule has 0 aliphatic carbocycles. The van der Waals surface area contributed by atoms with Gasteiger partial charge in [-0.15, -0.1) is 0 Å². The molecule has 0 aliphatic heterocycles. The van der Waals surface area contributed by atoms with E-state index in [0.29, 0.717) is 5.69 Å². The first-order valence-corrected chi connectivity index (χ1v) is 6.05. The summed E-state index contributed by atoms with van der Waals surface area (Å²) < 4.78 is 19.2. The lowest BCUT2D eigenvalue weighted by Gasteiger charge is -2.08. The van der Waals surface area contributed by atoms with Gasteiger partial charge in [0.2, 0.25) is 5.91 Å². The number of hydrogen-bond acceptors (Lipinski definition) is 5. The van der Waals surface area contributed by atoms with Crippen molar-refractivity contribution in [2.75, 3.05) is 12.4 Å². The highest BCUT2D eigenvalue weighted by molar-refractivity contribution is 7.47. The van der Waals surface area contributed by atoms with Crippen LogP contribution in [0.2, 0.25) is 0 Å². The Morgan fingerprint density at radius 3 is 2.41 bits per heavy atom. The third kappa shape index (κ3) is 4.97. The summed E-state index contributed by atoms with van der Waals surface area (Å²) in [5.74, 6) is -0.000382. The number of hydrogen-bond donors (Lipinski definition) is 2. The van der Waals surface area contributed by atoms with Gasteiger partial charge in [0.05, 0.1) is 0 Å². The Bertz CT molecular complexity index is 432. The van der Waals surface area contributed by atoms with Crippen LogP contribution in [0.3, 0.4) is 0 Å². The van der Waals surface area contributed by atoms with Crippen LogP contribution in [0.5, 0.6) is 5.75 Å². The minimum Gasteiger partial charge on any atom is -0.327 e. The zero-order chi connectivity index (χ0) is 12.9. The summed E-state index contributed by atoms with van der Waals surface area (Å²) in [6, 6.07) is 6.02. The molecule has 0 radical (unpaired) electrons. The van der Waals surface area contributed by atoms with Crippen LogP contribution in [0.15, 0.2) is 24.3 Å². The molecule has 1 unspecified atom stereocenters. The summed E-state index contributed by atoms with van der Waals surface area (Å²) in [5, 5.41) is 2.55. The lowest BCUT2D eigenvalue weighted by molar-refractivity contribution is -0.125. The van der Waals surface area contributed by atoms with Crippen molar-refractivity contribution in [3.8, 4) is 5.75 Å². The van der Waals surface area contributed by atoms with Crippen molar-refractivity contribution in [2.45, 2.75) is 6.92 Å². The van der Waals surface area contributed by atoms with Crippen LogP contribution in [0.4, 0.5) is 5.69 Å². The lowest BCUT2D eigenvalue weighted by atomic mass is 10.3. The van der Waals surface area contributed by atoms with Crippen molar-refractivity contribution >= 4 is 19.4 Å². The Morgan fingerprint density at radius 2 is 1.94 bits per heavy atom. The standard InChI is InChI=1S/C9H12NO6P/c1-7(11)10-8-3-5-9(6-4-8)15-16-17(12,13)14-2/h3-6H,1-2H3,(H,10,11)(H,12,13). The smallest absolute Gasteiger partial charge is 0.327 e. The summed E-state index contributed by atoms with van der Waals surface area (Å²) in [4.78, 5) is 24.2. The number of benzene rings is 1. The summed E-state index contributed by atoms with van der Waals surface area (Å²) in [6.07, 6.45) is 0. The molecular formula is C9H12NO6P. The second-order valence-corrected chi connectivity index (χ2v) is 4.47. The van der Waals surface area contributed by atoms with Gasteiger partial charge in [-0.1, -0.05) is 4.67 Å². The fourth-order valence-electron chi connectivity index (χ4n) is 0.918. The average molecular weight is 261 g/mol. The van der Waals surface area contributed by atoms with Gasteiger partial charge in [-0.05, 0) is 24.3 Å². The fraction of sp³-hybridized carbons (Fsp3) is 0.222. The molecule has 94 valence electrons. The summed E-state index contributed by atoms with van der Waals surface area (Å²) in [6.45, 7) is 1.38. The molecule has 1 rings (SSSR count). The number of carbonyl (C=O) groups is 1. The molecule has 1 aromatic rings. The third-order valence-electron chi connectivity index (χ3n) is 1.63. The molecule has 1 amide bonds.